The van der Waals surface area contributed by atoms with Gasteiger partial charge >= 0.3 is 11.9 Å². The highest BCUT2D eigenvalue weighted by Crippen LogP contribution is 2.36. The maximum Gasteiger partial charge on any atom is 0.338 e. The van der Waals surface area contributed by atoms with Crippen molar-refractivity contribution in [3.8, 4) is 16.9 Å². The second-order valence-corrected chi connectivity index (χ2v) is 8.55. The molecule has 0 bridgehead atoms. The third kappa shape index (κ3) is 6.17. The molecule has 0 radical (unpaired) electrons. The van der Waals surface area contributed by atoms with Gasteiger partial charge in [-0.15, -0.1) is 0 Å². The smallest absolute Gasteiger partial charge is 0.338 e. The highest BCUT2D eigenvalue weighted by Gasteiger charge is 2.38. The molecule has 5 nitrogen and oxygen atoms in total. The molecule has 2 aromatic carbocycles. The van der Waals surface area contributed by atoms with Crippen LogP contribution in [0.5, 0.6) is 5.75 Å². The van der Waals surface area contributed by atoms with E-state index in [0.717, 1.165) is 30.4 Å². The van der Waals surface area contributed by atoms with Crippen LogP contribution in [0.3, 0.4) is 0 Å². The van der Waals surface area contributed by atoms with Gasteiger partial charge in [-0.1, -0.05) is 49.6 Å². The molecular weight excluding hydrogens is 404 g/mol. The zero-order chi connectivity index (χ0) is 23.1. The monoisotopic (exact) mass is 434 g/mol. The summed E-state index contributed by atoms with van der Waals surface area (Å²) in [7, 11) is 0. The summed E-state index contributed by atoms with van der Waals surface area (Å²) in [6.07, 6.45) is 2.72. The standard InChI is InChI=1S/C27H30O5/c1-19(2)25(28)31-16-15-27(17-30-18-27)14-13-21-5-7-22(8-6-21)23-9-11-24(12-10-23)32-26(29)20(3)4/h5-12H,1,3,13-18H2,2,4H3. The normalized spacial score (nSPS) is 14.2. The van der Waals surface area contributed by atoms with E-state index in [4.69, 9.17) is 14.2 Å². The minimum Gasteiger partial charge on any atom is -0.462 e. The maximum absolute atomic E-state index is 11.6. The van der Waals surface area contributed by atoms with Crippen molar-refractivity contribution in [1.82, 2.24) is 0 Å². The predicted octanol–water partition coefficient (Wildman–Crippen LogP) is 5.29. The van der Waals surface area contributed by atoms with Crippen molar-refractivity contribution >= 4 is 11.9 Å². The first-order chi connectivity index (χ1) is 15.3. The van der Waals surface area contributed by atoms with Crippen LogP contribution in [0.25, 0.3) is 11.1 Å². The third-order valence-electron chi connectivity index (χ3n) is 5.68. The van der Waals surface area contributed by atoms with Crippen LogP contribution in [0.2, 0.25) is 0 Å². The van der Waals surface area contributed by atoms with Gasteiger partial charge in [-0.3, -0.25) is 0 Å². The van der Waals surface area contributed by atoms with Gasteiger partial charge in [0.1, 0.15) is 5.75 Å². The Kier molecular flexibility index (Phi) is 7.65. The van der Waals surface area contributed by atoms with Crippen LogP contribution in [0, 0.1) is 5.41 Å². The molecule has 1 aliphatic rings. The first-order valence-electron chi connectivity index (χ1n) is 10.8. The molecule has 1 heterocycles. The Bertz CT molecular complexity index is 982. The minimum absolute atomic E-state index is 0.0745. The molecule has 2 aromatic rings. The molecule has 1 saturated heterocycles. The molecule has 0 aliphatic carbocycles. The summed E-state index contributed by atoms with van der Waals surface area (Å²) in [4.78, 5) is 23.2. The molecule has 0 spiro atoms. The molecule has 1 fully saturated rings. The summed E-state index contributed by atoms with van der Waals surface area (Å²) in [5.41, 5.74) is 4.27. The van der Waals surface area contributed by atoms with E-state index in [0.29, 0.717) is 36.7 Å². The van der Waals surface area contributed by atoms with Gasteiger partial charge in [0.15, 0.2) is 0 Å². The number of benzene rings is 2. The Morgan fingerprint density at radius 1 is 0.875 bits per heavy atom. The molecule has 0 N–H and O–H groups in total. The maximum atomic E-state index is 11.6. The van der Waals surface area contributed by atoms with Gasteiger partial charge < -0.3 is 14.2 Å². The average molecular weight is 435 g/mol. The molecule has 0 amide bonds. The quantitative estimate of drug-likeness (QED) is 0.289. The third-order valence-corrected chi connectivity index (χ3v) is 5.68. The Balaban J connectivity index is 1.53. The second-order valence-electron chi connectivity index (χ2n) is 8.55. The lowest BCUT2D eigenvalue weighted by Gasteiger charge is -2.41. The summed E-state index contributed by atoms with van der Waals surface area (Å²) in [6.45, 7) is 12.3. The SMILES string of the molecule is C=C(C)C(=O)OCCC1(CCc2ccc(-c3ccc(OC(=O)C(=C)C)cc3)cc2)COC1. The fourth-order valence-electron chi connectivity index (χ4n) is 3.47. The van der Waals surface area contributed by atoms with E-state index in [1.165, 1.54) is 5.56 Å². The van der Waals surface area contributed by atoms with E-state index < -0.39 is 5.97 Å². The summed E-state index contributed by atoms with van der Waals surface area (Å²) < 4.78 is 16.0. The highest BCUT2D eigenvalue weighted by molar-refractivity contribution is 5.88. The number of carbonyl (C=O) groups excluding carboxylic acids is 2. The molecule has 5 heteroatoms. The zero-order valence-electron chi connectivity index (χ0n) is 18.8. The van der Waals surface area contributed by atoms with Gasteiger partial charge in [-0.05, 0) is 61.9 Å². The minimum atomic E-state index is -0.425. The van der Waals surface area contributed by atoms with Crippen molar-refractivity contribution in [3.63, 3.8) is 0 Å². The summed E-state index contributed by atoms with van der Waals surface area (Å²) >= 11 is 0. The van der Waals surface area contributed by atoms with Crippen LogP contribution in [0.1, 0.15) is 32.3 Å². The molecule has 168 valence electrons. The van der Waals surface area contributed by atoms with Crippen molar-refractivity contribution in [2.75, 3.05) is 19.8 Å². The van der Waals surface area contributed by atoms with Crippen molar-refractivity contribution < 1.29 is 23.8 Å². The van der Waals surface area contributed by atoms with E-state index >= 15 is 0 Å². The van der Waals surface area contributed by atoms with E-state index in [2.05, 4.69) is 37.4 Å². The summed E-state index contributed by atoms with van der Waals surface area (Å²) in [5.74, 6) is -0.260. The first-order valence-corrected chi connectivity index (χ1v) is 10.8. The predicted molar refractivity (Wildman–Crippen MR) is 124 cm³/mol. The van der Waals surface area contributed by atoms with Crippen molar-refractivity contribution in [3.05, 3.63) is 78.4 Å². The number of hydrogen-bond donors (Lipinski definition) is 0. The Morgan fingerprint density at radius 2 is 1.44 bits per heavy atom. The van der Waals surface area contributed by atoms with E-state index in [-0.39, 0.29) is 11.4 Å². The van der Waals surface area contributed by atoms with Gasteiger partial charge in [-0.25, -0.2) is 9.59 Å². The van der Waals surface area contributed by atoms with Crippen molar-refractivity contribution in [2.45, 2.75) is 33.1 Å². The van der Waals surface area contributed by atoms with Crippen LogP contribution in [0.15, 0.2) is 72.8 Å². The lowest BCUT2D eigenvalue weighted by atomic mass is 9.77. The number of carbonyl (C=O) groups is 2. The van der Waals surface area contributed by atoms with Crippen LogP contribution < -0.4 is 4.74 Å². The van der Waals surface area contributed by atoms with Crippen LogP contribution in [-0.4, -0.2) is 31.8 Å². The number of ether oxygens (including phenoxy) is 3. The van der Waals surface area contributed by atoms with Gasteiger partial charge in [0, 0.05) is 16.6 Å². The van der Waals surface area contributed by atoms with Gasteiger partial charge in [0.05, 0.1) is 19.8 Å². The van der Waals surface area contributed by atoms with Crippen LogP contribution >= 0.6 is 0 Å². The lowest BCUT2D eigenvalue weighted by Crippen LogP contribution is -2.44. The van der Waals surface area contributed by atoms with E-state index in [9.17, 15) is 9.59 Å². The summed E-state index contributed by atoms with van der Waals surface area (Å²) in [5, 5.41) is 0. The fraction of sp³-hybridized carbons (Fsp3) is 0.333. The van der Waals surface area contributed by atoms with Gasteiger partial charge in [0.25, 0.3) is 0 Å². The molecular formula is C27H30O5. The van der Waals surface area contributed by atoms with Gasteiger partial charge in [0.2, 0.25) is 0 Å². The van der Waals surface area contributed by atoms with Crippen molar-refractivity contribution in [1.29, 1.82) is 0 Å². The molecule has 0 unspecified atom stereocenters. The zero-order valence-corrected chi connectivity index (χ0v) is 18.8. The van der Waals surface area contributed by atoms with Crippen molar-refractivity contribution in [2.24, 2.45) is 5.41 Å². The first kappa shape index (κ1) is 23.5. The molecule has 32 heavy (non-hydrogen) atoms. The number of hydrogen-bond acceptors (Lipinski definition) is 5. The molecule has 3 rings (SSSR count). The van der Waals surface area contributed by atoms with Gasteiger partial charge in [-0.2, -0.15) is 0 Å². The Morgan fingerprint density at radius 3 is 1.94 bits per heavy atom. The Labute approximate surface area is 189 Å². The topological polar surface area (TPSA) is 61.8 Å². The van der Waals surface area contributed by atoms with Crippen LogP contribution in [-0.2, 0) is 25.5 Å². The Hall–Kier alpha value is -3.18. The molecule has 0 saturated carbocycles. The molecule has 0 atom stereocenters. The lowest BCUT2D eigenvalue weighted by molar-refractivity contribution is -0.148. The number of rotatable bonds is 10. The molecule has 0 aromatic heterocycles. The summed E-state index contributed by atoms with van der Waals surface area (Å²) in [6, 6.07) is 15.9. The average Bonchev–Trinajstić information content (AvgIpc) is 2.75. The highest BCUT2D eigenvalue weighted by atomic mass is 16.5. The molecule has 1 aliphatic heterocycles. The van der Waals surface area contributed by atoms with E-state index in [1.807, 2.05) is 12.1 Å². The van der Waals surface area contributed by atoms with Crippen LogP contribution in [0.4, 0.5) is 0 Å². The second kappa shape index (κ2) is 10.4. The largest absolute Gasteiger partial charge is 0.462 e. The number of esters is 2. The fourth-order valence-corrected chi connectivity index (χ4v) is 3.47. The number of aryl methyl sites for hydroxylation is 1. The van der Waals surface area contributed by atoms with E-state index in [1.54, 1.807) is 26.0 Å².